The van der Waals surface area contributed by atoms with Crippen LogP contribution in [0.1, 0.15) is 34.8 Å². The molecule has 3 heterocycles. The average molecular weight is 329 g/mol. The summed E-state index contributed by atoms with van der Waals surface area (Å²) in [5.74, 6) is 0.0601. The molecule has 1 aliphatic rings. The second-order valence-corrected chi connectivity index (χ2v) is 6.43. The zero-order valence-corrected chi connectivity index (χ0v) is 13.5. The summed E-state index contributed by atoms with van der Waals surface area (Å²) < 4.78 is 1.78. The Hall–Kier alpha value is -2.27. The number of halogens is 1. The molecule has 1 atom stereocenters. The summed E-state index contributed by atoms with van der Waals surface area (Å²) >= 11 is 6.02. The monoisotopic (exact) mass is 328 g/mol. The predicted molar refractivity (Wildman–Crippen MR) is 89.5 cm³/mol. The van der Waals surface area contributed by atoms with E-state index >= 15 is 0 Å². The summed E-state index contributed by atoms with van der Waals surface area (Å²) in [6, 6.07) is 5.66. The molecule has 0 radical (unpaired) electrons. The molecular formula is C17H17ClN4O. The van der Waals surface area contributed by atoms with E-state index in [4.69, 9.17) is 11.6 Å². The van der Waals surface area contributed by atoms with Crippen molar-refractivity contribution in [2.45, 2.75) is 18.9 Å². The lowest BCUT2D eigenvalue weighted by Crippen LogP contribution is -2.30. The van der Waals surface area contributed by atoms with E-state index in [9.17, 15) is 4.79 Å². The molecule has 0 unspecified atom stereocenters. The maximum atomic E-state index is 13.0. The molecule has 1 N–H and O–H groups in total. The Morgan fingerprint density at radius 2 is 2.30 bits per heavy atom. The lowest BCUT2D eigenvalue weighted by molar-refractivity contribution is 0.0737. The van der Waals surface area contributed by atoms with Gasteiger partial charge in [0.1, 0.15) is 0 Å². The van der Waals surface area contributed by atoms with Crippen LogP contribution < -0.4 is 0 Å². The number of hydrogen-bond acceptors (Lipinski definition) is 2. The van der Waals surface area contributed by atoms with Crippen molar-refractivity contribution >= 4 is 28.4 Å². The van der Waals surface area contributed by atoms with Crippen molar-refractivity contribution in [1.82, 2.24) is 19.7 Å². The van der Waals surface area contributed by atoms with Gasteiger partial charge < -0.3 is 9.88 Å². The fourth-order valence-electron chi connectivity index (χ4n) is 3.40. The number of aromatic amines is 1. The number of carbonyl (C=O) groups excluding carboxylic acids is 1. The average Bonchev–Trinajstić information content (AvgIpc) is 3.23. The van der Waals surface area contributed by atoms with Crippen molar-refractivity contribution in [3.05, 3.63) is 52.9 Å². The zero-order chi connectivity index (χ0) is 16.0. The molecule has 5 nitrogen and oxygen atoms in total. The normalized spacial score (nSPS) is 18.0. The topological polar surface area (TPSA) is 53.9 Å². The van der Waals surface area contributed by atoms with Gasteiger partial charge in [-0.25, -0.2) is 0 Å². The smallest absolute Gasteiger partial charge is 0.256 e. The van der Waals surface area contributed by atoms with Crippen LogP contribution in [-0.4, -0.2) is 32.1 Å². The molecule has 23 heavy (non-hydrogen) atoms. The number of amides is 1. The number of nitrogens with zero attached hydrogens (tertiary/aromatic N) is 3. The predicted octanol–water partition coefficient (Wildman–Crippen LogP) is 3.53. The highest BCUT2D eigenvalue weighted by molar-refractivity contribution is 6.31. The lowest BCUT2D eigenvalue weighted by atomic mass is 10.1. The highest BCUT2D eigenvalue weighted by atomic mass is 35.5. The minimum absolute atomic E-state index is 0.0601. The van der Waals surface area contributed by atoms with E-state index in [0.717, 1.165) is 35.9 Å². The van der Waals surface area contributed by atoms with Crippen LogP contribution >= 0.6 is 11.6 Å². The number of hydrogen-bond donors (Lipinski definition) is 1. The molecule has 0 bridgehead atoms. The number of aryl methyl sites for hydroxylation is 1. The molecule has 1 aliphatic heterocycles. The Morgan fingerprint density at radius 1 is 1.43 bits per heavy atom. The lowest BCUT2D eigenvalue weighted by Gasteiger charge is -2.23. The van der Waals surface area contributed by atoms with Crippen molar-refractivity contribution in [1.29, 1.82) is 0 Å². The summed E-state index contributed by atoms with van der Waals surface area (Å²) in [7, 11) is 1.90. The third kappa shape index (κ3) is 2.41. The van der Waals surface area contributed by atoms with Crippen LogP contribution in [0.5, 0.6) is 0 Å². The van der Waals surface area contributed by atoms with E-state index in [1.165, 1.54) is 0 Å². The van der Waals surface area contributed by atoms with Crippen LogP contribution in [0.25, 0.3) is 10.9 Å². The third-order valence-electron chi connectivity index (χ3n) is 4.50. The van der Waals surface area contributed by atoms with Crippen molar-refractivity contribution in [3.8, 4) is 0 Å². The maximum absolute atomic E-state index is 13.0. The highest BCUT2D eigenvalue weighted by Gasteiger charge is 2.32. The number of H-pyrrole nitrogens is 1. The van der Waals surface area contributed by atoms with Crippen LogP contribution in [0, 0.1) is 0 Å². The number of likely N-dealkylation sites (tertiary alicyclic amines) is 1. The number of nitrogens with one attached hydrogen (secondary N) is 1. The molecule has 0 aliphatic carbocycles. The molecule has 0 saturated carbocycles. The molecule has 1 fully saturated rings. The van der Waals surface area contributed by atoms with E-state index in [0.29, 0.717) is 10.6 Å². The summed E-state index contributed by atoms with van der Waals surface area (Å²) in [5.41, 5.74) is 2.69. The Kier molecular flexibility index (Phi) is 3.38. The molecule has 1 saturated heterocycles. The number of rotatable bonds is 2. The van der Waals surface area contributed by atoms with Gasteiger partial charge in [0.15, 0.2) is 0 Å². The van der Waals surface area contributed by atoms with Crippen molar-refractivity contribution < 1.29 is 4.79 Å². The molecule has 2 aromatic heterocycles. The fourth-order valence-corrected chi connectivity index (χ4v) is 3.57. The van der Waals surface area contributed by atoms with Gasteiger partial charge in [-0.15, -0.1) is 0 Å². The van der Waals surface area contributed by atoms with Gasteiger partial charge in [0.05, 0.1) is 17.8 Å². The second-order valence-electron chi connectivity index (χ2n) is 6.00. The number of carbonyl (C=O) groups is 1. The second kappa shape index (κ2) is 5.42. The molecule has 4 rings (SSSR count). The minimum atomic E-state index is 0.0601. The Bertz CT molecular complexity index is 882. The fraction of sp³-hybridized carbons (Fsp3) is 0.294. The number of benzene rings is 1. The van der Waals surface area contributed by atoms with Gasteiger partial charge in [-0.1, -0.05) is 17.7 Å². The first-order valence-corrected chi connectivity index (χ1v) is 8.07. The highest BCUT2D eigenvalue weighted by Crippen LogP contribution is 2.34. The van der Waals surface area contributed by atoms with Crippen molar-refractivity contribution in [2.24, 2.45) is 7.05 Å². The van der Waals surface area contributed by atoms with Gasteiger partial charge in [-0.2, -0.15) is 5.10 Å². The Labute approximate surface area is 138 Å². The van der Waals surface area contributed by atoms with Crippen LogP contribution in [0.3, 0.4) is 0 Å². The molecule has 0 spiro atoms. The first-order chi connectivity index (χ1) is 11.1. The number of fused-ring (bicyclic) bond motifs is 1. The molecule has 1 amide bonds. The maximum Gasteiger partial charge on any atom is 0.256 e. The SMILES string of the molecule is Cn1cc([C@H]2CCCN2C(=O)c2c[nH]c3cc(Cl)ccc23)cn1. The molecule has 118 valence electrons. The molecular weight excluding hydrogens is 312 g/mol. The number of aromatic nitrogens is 3. The van der Waals surface area contributed by atoms with Gasteiger partial charge in [-0.3, -0.25) is 9.48 Å². The summed E-state index contributed by atoms with van der Waals surface area (Å²) in [6.45, 7) is 0.776. The van der Waals surface area contributed by atoms with Crippen LogP contribution in [-0.2, 0) is 7.05 Å². The summed E-state index contributed by atoms with van der Waals surface area (Å²) in [5, 5.41) is 5.81. The van der Waals surface area contributed by atoms with Crippen LogP contribution in [0.2, 0.25) is 5.02 Å². The molecule has 3 aromatic rings. The quantitative estimate of drug-likeness (QED) is 0.782. The van der Waals surface area contributed by atoms with E-state index in [1.54, 1.807) is 10.9 Å². The first-order valence-electron chi connectivity index (χ1n) is 7.69. The summed E-state index contributed by atoms with van der Waals surface area (Å²) in [6.07, 6.45) is 7.61. The van der Waals surface area contributed by atoms with Crippen LogP contribution in [0.4, 0.5) is 0 Å². The largest absolute Gasteiger partial charge is 0.360 e. The zero-order valence-electron chi connectivity index (χ0n) is 12.8. The Morgan fingerprint density at radius 3 is 3.09 bits per heavy atom. The van der Waals surface area contributed by atoms with Gasteiger partial charge in [0.25, 0.3) is 5.91 Å². The van der Waals surface area contributed by atoms with E-state index in [1.807, 2.05) is 42.5 Å². The standard InChI is InChI=1S/C17H17ClN4O/c1-21-10-11(8-20-21)16-3-2-6-22(16)17(23)14-9-19-15-7-12(18)4-5-13(14)15/h4-5,7-10,16,19H,2-3,6H2,1H3/t16-/m1/s1. The minimum Gasteiger partial charge on any atom is -0.360 e. The third-order valence-corrected chi connectivity index (χ3v) is 4.73. The van der Waals surface area contributed by atoms with E-state index in [2.05, 4.69) is 10.1 Å². The van der Waals surface area contributed by atoms with Gasteiger partial charge in [-0.05, 0) is 25.0 Å². The molecule has 6 heteroatoms. The van der Waals surface area contributed by atoms with Gasteiger partial charge in [0, 0.05) is 47.5 Å². The molecule has 1 aromatic carbocycles. The van der Waals surface area contributed by atoms with E-state index in [-0.39, 0.29) is 11.9 Å². The van der Waals surface area contributed by atoms with Gasteiger partial charge >= 0.3 is 0 Å². The van der Waals surface area contributed by atoms with Crippen molar-refractivity contribution in [3.63, 3.8) is 0 Å². The Balaban J connectivity index is 1.69. The van der Waals surface area contributed by atoms with Crippen molar-refractivity contribution in [2.75, 3.05) is 6.54 Å². The first kappa shape index (κ1) is 14.3. The summed E-state index contributed by atoms with van der Waals surface area (Å²) in [4.78, 5) is 18.1. The van der Waals surface area contributed by atoms with E-state index < -0.39 is 0 Å². The van der Waals surface area contributed by atoms with Gasteiger partial charge in [0.2, 0.25) is 0 Å². The van der Waals surface area contributed by atoms with Crippen LogP contribution in [0.15, 0.2) is 36.8 Å².